The van der Waals surface area contributed by atoms with Crippen molar-refractivity contribution in [2.45, 2.75) is 17.2 Å². The minimum absolute atomic E-state index is 0.228. The summed E-state index contributed by atoms with van der Waals surface area (Å²) in [4.78, 5) is 14.4. The number of rotatable bonds is 6. The van der Waals surface area contributed by atoms with Crippen LogP contribution in [0, 0.1) is 11.6 Å². The van der Waals surface area contributed by atoms with Gasteiger partial charge in [0.1, 0.15) is 17.2 Å². The normalized spacial score (nSPS) is 14.9. The van der Waals surface area contributed by atoms with Crippen LogP contribution in [0.2, 0.25) is 0 Å². The van der Waals surface area contributed by atoms with Gasteiger partial charge in [0.05, 0.1) is 0 Å². The molecule has 1 fully saturated rings. The van der Waals surface area contributed by atoms with Crippen molar-refractivity contribution in [1.82, 2.24) is 15.1 Å². The van der Waals surface area contributed by atoms with Crippen molar-refractivity contribution in [1.29, 1.82) is 0 Å². The molecule has 2 heterocycles. The Labute approximate surface area is 146 Å². The van der Waals surface area contributed by atoms with E-state index in [1.165, 1.54) is 30.2 Å². The zero-order valence-electron chi connectivity index (χ0n) is 12.8. The third-order valence-electron chi connectivity index (χ3n) is 3.65. The molecule has 0 bridgehead atoms. The van der Waals surface area contributed by atoms with E-state index in [1.807, 2.05) is 0 Å². The number of thioether (sulfide) groups is 1. The Kier molecular flexibility index (Phi) is 5.75. The van der Waals surface area contributed by atoms with Gasteiger partial charge in [-0.2, -0.15) is 0 Å². The molecule has 0 spiro atoms. The number of hydrogen-bond acceptors (Lipinski definition) is 6. The molecule has 2 aromatic rings. The highest BCUT2D eigenvalue weighted by molar-refractivity contribution is 8.01. The Morgan fingerprint density at radius 3 is 2.67 bits per heavy atom. The first kappa shape index (κ1) is 17.2. The lowest BCUT2D eigenvalue weighted by Crippen LogP contribution is -2.21. The van der Waals surface area contributed by atoms with E-state index in [-0.39, 0.29) is 5.13 Å². The summed E-state index contributed by atoms with van der Waals surface area (Å²) in [5.41, 5.74) is -0.615. The van der Waals surface area contributed by atoms with Crippen LogP contribution >= 0.6 is 23.1 Å². The number of likely N-dealkylation sites (tertiary alicyclic amines) is 1. The molecule has 5 nitrogen and oxygen atoms in total. The van der Waals surface area contributed by atoms with Gasteiger partial charge < -0.3 is 4.90 Å². The van der Waals surface area contributed by atoms with Crippen LogP contribution in [0.15, 0.2) is 22.5 Å². The van der Waals surface area contributed by atoms with Gasteiger partial charge in [-0.05, 0) is 38.1 Å². The number of anilines is 1. The summed E-state index contributed by atoms with van der Waals surface area (Å²) in [6.45, 7) is 3.28. The zero-order chi connectivity index (χ0) is 16.9. The third kappa shape index (κ3) is 4.28. The van der Waals surface area contributed by atoms with Crippen LogP contribution in [-0.4, -0.2) is 46.4 Å². The fraction of sp³-hybridized carbons (Fsp3) is 0.400. The van der Waals surface area contributed by atoms with Gasteiger partial charge in [0.2, 0.25) is 5.13 Å². The molecular formula is C15H16F2N4OS2. The summed E-state index contributed by atoms with van der Waals surface area (Å²) in [5, 5.41) is 10.5. The van der Waals surface area contributed by atoms with E-state index in [4.69, 9.17) is 0 Å². The molecule has 1 aliphatic rings. The third-order valence-corrected chi connectivity index (χ3v) is 5.60. The van der Waals surface area contributed by atoms with Crippen molar-refractivity contribution in [3.8, 4) is 0 Å². The topological polar surface area (TPSA) is 58.1 Å². The molecule has 1 aliphatic heterocycles. The van der Waals surface area contributed by atoms with Gasteiger partial charge in [0.25, 0.3) is 5.91 Å². The average molecular weight is 370 g/mol. The van der Waals surface area contributed by atoms with Crippen LogP contribution < -0.4 is 5.32 Å². The maximum atomic E-state index is 13.6. The predicted molar refractivity (Wildman–Crippen MR) is 90.6 cm³/mol. The number of hydrogen-bond donors (Lipinski definition) is 1. The molecule has 0 unspecified atom stereocenters. The van der Waals surface area contributed by atoms with E-state index >= 15 is 0 Å². The maximum absolute atomic E-state index is 13.6. The molecule has 128 valence electrons. The number of nitrogens with one attached hydrogen (secondary N) is 1. The van der Waals surface area contributed by atoms with Gasteiger partial charge in [-0.15, -0.1) is 10.2 Å². The van der Waals surface area contributed by atoms with Crippen LogP contribution in [0.4, 0.5) is 13.9 Å². The second-order valence-corrected chi connectivity index (χ2v) is 7.64. The molecule has 1 aromatic carbocycles. The number of amides is 1. The van der Waals surface area contributed by atoms with Crippen molar-refractivity contribution in [3.63, 3.8) is 0 Å². The molecule has 9 heteroatoms. The van der Waals surface area contributed by atoms with Crippen LogP contribution in [0.1, 0.15) is 23.2 Å². The number of halogens is 2. The first-order valence-corrected chi connectivity index (χ1v) is 9.38. The highest BCUT2D eigenvalue weighted by Gasteiger charge is 2.19. The molecular weight excluding hydrogens is 354 g/mol. The largest absolute Gasteiger partial charge is 0.303 e. The molecule has 1 N–H and O–H groups in total. The van der Waals surface area contributed by atoms with Crippen LogP contribution in [0.5, 0.6) is 0 Å². The van der Waals surface area contributed by atoms with Crippen molar-refractivity contribution in [3.05, 3.63) is 35.4 Å². The SMILES string of the molecule is O=C(Nc1nnc(SCCN2CCCC2)s1)c1c(F)cccc1F. The fourth-order valence-corrected chi connectivity index (χ4v) is 4.28. The lowest BCUT2D eigenvalue weighted by molar-refractivity contribution is 0.101. The lowest BCUT2D eigenvalue weighted by Gasteiger charge is -2.12. The van der Waals surface area contributed by atoms with Gasteiger partial charge in [0.15, 0.2) is 4.34 Å². The number of carbonyl (C=O) groups is 1. The summed E-state index contributed by atoms with van der Waals surface area (Å²) >= 11 is 2.76. The minimum atomic E-state index is -0.905. The molecule has 1 aromatic heterocycles. The van der Waals surface area contributed by atoms with Gasteiger partial charge in [0, 0.05) is 12.3 Å². The summed E-state index contributed by atoms with van der Waals surface area (Å²) < 4.78 is 27.9. The molecule has 24 heavy (non-hydrogen) atoms. The second kappa shape index (κ2) is 8.00. The van der Waals surface area contributed by atoms with Crippen molar-refractivity contribution in [2.24, 2.45) is 0 Å². The smallest absolute Gasteiger partial charge is 0.263 e. The van der Waals surface area contributed by atoms with Gasteiger partial charge in [-0.1, -0.05) is 29.2 Å². The van der Waals surface area contributed by atoms with Gasteiger partial charge in [-0.25, -0.2) is 8.78 Å². The van der Waals surface area contributed by atoms with Crippen LogP contribution in [0.25, 0.3) is 0 Å². The fourth-order valence-electron chi connectivity index (χ4n) is 2.46. The summed E-state index contributed by atoms with van der Waals surface area (Å²) in [6.07, 6.45) is 2.51. The average Bonchev–Trinajstić information content (AvgIpc) is 3.19. The van der Waals surface area contributed by atoms with E-state index < -0.39 is 23.1 Å². The highest BCUT2D eigenvalue weighted by Crippen LogP contribution is 2.26. The minimum Gasteiger partial charge on any atom is -0.303 e. The Bertz CT molecular complexity index is 699. The second-order valence-electron chi connectivity index (χ2n) is 5.32. The quantitative estimate of drug-likeness (QED) is 0.625. The summed E-state index contributed by atoms with van der Waals surface area (Å²) in [7, 11) is 0. The Morgan fingerprint density at radius 1 is 1.25 bits per heavy atom. The lowest BCUT2D eigenvalue weighted by atomic mass is 10.2. The molecule has 0 radical (unpaired) electrons. The Balaban J connectivity index is 1.54. The van der Waals surface area contributed by atoms with Gasteiger partial charge in [-0.3, -0.25) is 10.1 Å². The van der Waals surface area contributed by atoms with E-state index in [9.17, 15) is 13.6 Å². The van der Waals surface area contributed by atoms with Crippen molar-refractivity contribution >= 4 is 34.1 Å². The number of nitrogens with zero attached hydrogens (tertiary/aromatic N) is 3. The van der Waals surface area contributed by atoms with Crippen LogP contribution in [-0.2, 0) is 0 Å². The molecule has 1 amide bonds. The number of aromatic nitrogens is 2. The van der Waals surface area contributed by atoms with Gasteiger partial charge >= 0.3 is 0 Å². The van der Waals surface area contributed by atoms with Crippen molar-refractivity contribution < 1.29 is 13.6 Å². The Morgan fingerprint density at radius 2 is 1.96 bits per heavy atom. The van der Waals surface area contributed by atoms with Crippen LogP contribution in [0.3, 0.4) is 0 Å². The summed E-state index contributed by atoms with van der Waals surface area (Å²) in [5.74, 6) is -1.78. The first-order chi connectivity index (χ1) is 11.6. The molecule has 0 saturated carbocycles. The molecule has 0 atom stereocenters. The molecule has 3 rings (SSSR count). The van der Waals surface area contributed by atoms with Crippen molar-refractivity contribution in [2.75, 3.05) is 30.7 Å². The predicted octanol–water partition coefficient (Wildman–Crippen LogP) is 3.26. The monoisotopic (exact) mass is 370 g/mol. The maximum Gasteiger partial charge on any atom is 0.263 e. The van der Waals surface area contributed by atoms with E-state index in [1.54, 1.807) is 11.8 Å². The highest BCUT2D eigenvalue weighted by atomic mass is 32.2. The van der Waals surface area contributed by atoms with E-state index in [0.29, 0.717) is 0 Å². The first-order valence-electron chi connectivity index (χ1n) is 7.57. The standard InChI is InChI=1S/C15H16F2N4OS2/c16-10-4-3-5-11(17)12(10)13(22)18-14-19-20-15(24-14)23-9-8-21-6-1-2-7-21/h3-5H,1-2,6-9H2,(H,18,19,22). The van der Waals surface area contributed by atoms with E-state index in [2.05, 4.69) is 20.4 Å². The number of benzene rings is 1. The summed E-state index contributed by atoms with van der Waals surface area (Å²) in [6, 6.07) is 3.29. The number of carbonyl (C=O) groups excluding carboxylic acids is 1. The van der Waals surface area contributed by atoms with E-state index in [0.717, 1.165) is 41.9 Å². The zero-order valence-corrected chi connectivity index (χ0v) is 14.4. The molecule has 0 aliphatic carbocycles. The Hall–Kier alpha value is -1.58. The molecule has 1 saturated heterocycles.